The van der Waals surface area contributed by atoms with Gasteiger partial charge >= 0.3 is 0 Å². The molecule has 0 aliphatic heterocycles. The van der Waals surface area contributed by atoms with Crippen molar-refractivity contribution >= 4 is 21.6 Å². The van der Waals surface area contributed by atoms with E-state index in [4.69, 9.17) is 5.73 Å². The Bertz CT molecular complexity index is 467. The Balaban J connectivity index is 2.86. The number of likely N-dealkylation sites (N-methyl/N-ethyl adjacent to an activating group) is 1. The van der Waals surface area contributed by atoms with Gasteiger partial charge < -0.3 is 11.1 Å². The van der Waals surface area contributed by atoms with Crippen LogP contribution in [0.3, 0.4) is 0 Å². The summed E-state index contributed by atoms with van der Waals surface area (Å²) in [7, 11) is -2.24. The number of nitrogen functional groups attached to an aromatic ring is 1. The Labute approximate surface area is 93.9 Å². The summed E-state index contributed by atoms with van der Waals surface area (Å²) in [5.41, 5.74) is 5.89. The number of anilines is 1. The molecule has 0 aliphatic rings. The quantitative estimate of drug-likeness (QED) is 0.607. The average Bonchev–Trinajstić information content (AvgIpc) is 2.17. The predicted octanol–water partition coefficient (Wildman–Crippen LogP) is -0.707. The maximum atomic E-state index is 11.6. The maximum absolute atomic E-state index is 11.6. The van der Waals surface area contributed by atoms with E-state index in [9.17, 15) is 13.2 Å². The average molecular weight is 243 g/mol. The molecule has 1 amide bonds. The molecular formula is C9H13N3O3S. The van der Waals surface area contributed by atoms with Crippen molar-refractivity contribution in [2.75, 3.05) is 19.3 Å². The monoisotopic (exact) mass is 243 g/mol. The van der Waals surface area contributed by atoms with Gasteiger partial charge in [-0.2, -0.15) is 0 Å². The number of carbonyl (C=O) groups excluding carboxylic acids is 1. The molecule has 1 rings (SSSR count). The van der Waals surface area contributed by atoms with Crippen molar-refractivity contribution in [3.63, 3.8) is 0 Å². The van der Waals surface area contributed by atoms with E-state index in [1.165, 1.54) is 24.3 Å². The first-order valence-corrected chi connectivity index (χ1v) is 6.00. The molecule has 7 heteroatoms. The van der Waals surface area contributed by atoms with Gasteiger partial charge in [0.2, 0.25) is 5.91 Å². The summed E-state index contributed by atoms with van der Waals surface area (Å²) in [6.07, 6.45) is 0. The van der Waals surface area contributed by atoms with Crippen LogP contribution in [0.15, 0.2) is 29.2 Å². The fourth-order valence-corrected chi connectivity index (χ4v) is 2.04. The minimum absolute atomic E-state index is 0.00570. The van der Waals surface area contributed by atoms with Crippen LogP contribution in [0.2, 0.25) is 0 Å². The largest absolute Gasteiger partial charge is 0.399 e. The smallest absolute Gasteiger partial charge is 0.264 e. The molecule has 0 heterocycles. The normalized spacial score (nSPS) is 11.1. The van der Waals surface area contributed by atoms with E-state index in [1.54, 1.807) is 7.05 Å². The Morgan fingerprint density at radius 2 is 1.88 bits per heavy atom. The Hall–Kier alpha value is -1.60. The number of carbonyl (C=O) groups is 1. The van der Waals surface area contributed by atoms with Crippen LogP contribution in [0.1, 0.15) is 0 Å². The van der Waals surface area contributed by atoms with E-state index < -0.39 is 15.9 Å². The molecular weight excluding hydrogens is 230 g/mol. The van der Waals surface area contributed by atoms with Crippen LogP contribution in [-0.2, 0) is 14.8 Å². The highest BCUT2D eigenvalue weighted by molar-refractivity contribution is 7.90. The van der Waals surface area contributed by atoms with E-state index in [0.717, 1.165) is 0 Å². The Kier molecular flexibility index (Phi) is 3.86. The number of amides is 1. The van der Waals surface area contributed by atoms with Crippen LogP contribution in [0.25, 0.3) is 0 Å². The standard InChI is InChI=1S/C9H13N3O3S/c1-11-6-9(13)12-16(14,15)8-4-2-7(10)3-5-8/h2-5,11H,6,10H2,1H3,(H,12,13). The SMILES string of the molecule is CNCC(=O)NS(=O)(=O)c1ccc(N)cc1. The van der Waals surface area contributed by atoms with E-state index in [1.807, 2.05) is 4.72 Å². The molecule has 0 radical (unpaired) electrons. The van der Waals surface area contributed by atoms with Gasteiger partial charge in [0.25, 0.3) is 10.0 Å². The number of nitrogens with one attached hydrogen (secondary N) is 2. The van der Waals surface area contributed by atoms with E-state index in [0.29, 0.717) is 5.69 Å². The molecule has 0 aliphatic carbocycles. The summed E-state index contributed by atoms with van der Waals surface area (Å²) in [4.78, 5) is 11.1. The van der Waals surface area contributed by atoms with Gasteiger partial charge in [-0.25, -0.2) is 13.1 Å². The number of benzene rings is 1. The molecule has 0 unspecified atom stereocenters. The molecule has 0 fully saturated rings. The van der Waals surface area contributed by atoms with Gasteiger partial charge in [0.05, 0.1) is 11.4 Å². The number of hydrogen-bond acceptors (Lipinski definition) is 5. The number of rotatable bonds is 4. The van der Waals surface area contributed by atoms with Crippen molar-refractivity contribution in [3.05, 3.63) is 24.3 Å². The molecule has 0 spiro atoms. The molecule has 0 atom stereocenters. The highest BCUT2D eigenvalue weighted by atomic mass is 32.2. The van der Waals surface area contributed by atoms with Crippen molar-refractivity contribution in [3.8, 4) is 0 Å². The minimum atomic E-state index is -3.79. The first kappa shape index (κ1) is 12.5. The second-order valence-electron chi connectivity index (χ2n) is 3.13. The van der Waals surface area contributed by atoms with Gasteiger partial charge in [0, 0.05) is 5.69 Å². The molecule has 0 aromatic heterocycles. The Morgan fingerprint density at radius 3 is 2.38 bits per heavy atom. The van der Waals surface area contributed by atoms with Gasteiger partial charge in [-0.05, 0) is 31.3 Å². The first-order valence-electron chi connectivity index (χ1n) is 4.51. The van der Waals surface area contributed by atoms with E-state index >= 15 is 0 Å². The van der Waals surface area contributed by atoms with Crippen LogP contribution in [0, 0.1) is 0 Å². The lowest BCUT2D eigenvalue weighted by Gasteiger charge is -2.06. The van der Waals surface area contributed by atoms with Gasteiger partial charge in [0.15, 0.2) is 0 Å². The third kappa shape index (κ3) is 3.21. The lowest BCUT2D eigenvalue weighted by Crippen LogP contribution is -2.36. The number of nitrogens with two attached hydrogens (primary N) is 1. The zero-order valence-electron chi connectivity index (χ0n) is 8.73. The van der Waals surface area contributed by atoms with Crippen molar-refractivity contribution in [1.82, 2.24) is 10.0 Å². The van der Waals surface area contributed by atoms with Gasteiger partial charge in [-0.1, -0.05) is 0 Å². The van der Waals surface area contributed by atoms with Crippen LogP contribution in [-0.4, -0.2) is 27.9 Å². The summed E-state index contributed by atoms with van der Waals surface area (Å²) >= 11 is 0. The van der Waals surface area contributed by atoms with Crippen LogP contribution in [0.5, 0.6) is 0 Å². The fourth-order valence-electron chi connectivity index (χ4n) is 1.05. The summed E-state index contributed by atoms with van der Waals surface area (Å²) in [5, 5.41) is 2.55. The molecule has 0 saturated carbocycles. The summed E-state index contributed by atoms with van der Waals surface area (Å²) in [6, 6.07) is 5.59. The van der Waals surface area contributed by atoms with Crippen molar-refractivity contribution < 1.29 is 13.2 Å². The second kappa shape index (κ2) is 4.95. The van der Waals surface area contributed by atoms with Crippen LogP contribution >= 0.6 is 0 Å². The Morgan fingerprint density at radius 1 is 1.31 bits per heavy atom. The maximum Gasteiger partial charge on any atom is 0.264 e. The second-order valence-corrected chi connectivity index (χ2v) is 4.81. The molecule has 0 saturated heterocycles. The van der Waals surface area contributed by atoms with E-state index in [-0.39, 0.29) is 11.4 Å². The summed E-state index contributed by atoms with van der Waals surface area (Å²) in [5.74, 6) is -0.612. The summed E-state index contributed by atoms with van der Waals surface area (Å²) < 4.78 is 25.2. The highest BCUT2D eigenvalue weighted by Crippen LogP contribution is 2.10. The van der Waals surface area contributed by atoms with Crippen molar-refractivity contribution in [1.29, 1.82) is 0 Å². The zero-order valence-corrected chi connectivity index (χ0v) is 9.54. The number of sulfonamides is 1. The van der Waals surface area contributed by atoms with Gasteiger partial charge in [0.1, 0.15) is 0 Å². The molecule has 6 nitrogen and oxygen atoms in total. The van der Waals surface area contributed by atoms with Crippen molar-refractivity contribution in [2.24, 2.45) is 0 Å². The van der Waals surface area contributed by atoms with Crippen LogP contribution in [0.4, 0.5) is 5.69 Å². The molecule has 0 bridgehead atoms. The lowest BCUT2D eigenvalue weighted by atomic mass is 10.3. The third-order valence-corrected chi connectivity index (χ3v) is 3.17. The minimum Gasteiger partial charge on any atom is -0.399 e. The molecule has 1 aromatic rings. The van der Waals surface area contributed by atoms with Crippen molar-refractivity contribution in [2.45, 2.75) is 4.90 Å². The zero-order chi connectivity index (χ0) is 12.2. The van der Waals surface area contributed by atoms with Gasteiger partial charge in [-0.3, -0.25) is 4.79 Å². The number of hydrogen-bond donors (Lipinski definition) is 3. The molecule has 16 heavy (non-hydrogen) atoms. The lowest BCUT2D eigenvalue weighted by molar-refractivity contribution is -0.118. The highest BCUT2D eigenvalue weighted by Gasteiger charge is 2.16. The first-order chi connectivity index (χ1) is 7.45. The topological polar surface area (TPSA) is 101 Å². The molecule has 88 valence electrons. The summed E-state index contributed by atoms with van der Waals surface area (Å²) in [6.45, 7) is -0.0613. The predicted molar refractivity (Wildman–Crippen MR) is 60.1 cm³/mol. The van der Waals surface area contributed by atoms with Crippen LogP contribution < -0.4 is 15.8 Å². The third-order valence-electron chi connectivity index (χ3n) is 1.78. The molecule has 4 N–H and O–H groups in total. The fraction of sp³-hybridized carbons (Fsp3) is 0.222. The molecule has 1 aromatic carbocycles. The van der Waals surface area contributed by atoms with E-state index in [2.05, 4.69) is 5.32 Å². The van der Waals surface area contributed by atoms with Gasteiger partial charge in [-0.15, -0.1) is 0 Å².